The standard InChI is InChI=1S/C48H43N2P.C2H6/c1-34(2)31-48(51-3)38-21-23-42(24-22-38)50(47-18-10-16-37-13-8-9-17-46(37)47)43-29-27-41(28-30-43)49(44-25-19-35-11-4-6-14-39(35)32-44)45-26-20-36-12-5-7-15-40(36)33-45;1-2/h4-30,32-34,48,51H,31H2,1-3H3;1-2H3. The highest BCUT2D eigenvalue weighted by Gasteiger charge is 2.19. The number of fused-ring (bicyclic) bond motifs is 3. The minimum Gasteiger partial charge on any atom is -0.310 e. The zero-order valence-electron chi connectivity index (χ0n) is 31.5. The van der Waals surface area contributed by atoms with Crippen LogP contribution in [0.2, 0.25) is 0 Å². The van der Waals surface area contributed by atoms with Crippen molar-refractivity contribution in [2.75, 3.05) is 16.5 Å². The fraction of sp³-hybridized carbons (Fsp3) is 0.160. The second-order valence-corrected chi connectivity index (χ2v) is 15.1. The molecule has 3 heteroatoms. The van der Waals surface area contributed by atoms with Gasteiger partial charge in [-0.1, -0.05) is 137 Å². The van der Waals surface area contributed by atoms with Gasteiger partial charge in [-0.05, 0) is 118 Å². The van der Waals surface area contributed by atoms with Gasteiger partial charge in [0.2, 0.25) is 0 Å². The first-order chi connectivity index (χ1) is 26.1. The molecule has 0 aliphatic carbocycles. The Morgan fingerprint density at radius 1 is 0.434 bits per heavy atom. The number of hydrogen-bond acceptors (Lipinski definition) is 2. The van der Waals surface area contributed by atoms with Crippen LogP contribution in [0.25, 0.3) is 32.3 Å². The van der Waals surface area contributed by atoms with Crippen LogP contribution >= 0.6 is 8.58 Å². The first-order valence-corrected chi connectivity index (χ1v) is 20.6. The molecular weight excluding hydrogens is 660 g/mol. The van der Waals surface area contributed by atoms with Crippen molar-refractivity contribution in [1.29, 1.82) is 0 Å². The normalized spacial score (nSPS) is 12.0. The van der Waals surface area contributed by atoms with Gasteiger partial charge in [0, 0.05) is 39.5 Å². The molecule has 0 bridgehead atoms. The van der Waals surface area contributed by atoms with Crippen LogP contribution in [0.3, 0.4) is 0 Å². The molecule has 0 N–H and O–H groups in total. The highest BCUT2D eigenvalue weighted by molar-refractivity contribution is 7.37. The molecule has 8 rings (SSSR count). The third-order valence-corrected chi connectivity index (χ3v) is 11.2. The molecule has 2 unspecified atom stereocenters. The quantitative estimate of drug-likeness (QED) is 0.131. The summed E-state index contributed by atoms with van der Waals surface area (Å²) in [5.41, 5.74) is 8.85. The molecule has 0 radical (unpaired) electrons. The van der Waals surface area contributed by atoms with Crippen LogP contribution in [-0.2, 0) is 0 Å². The summed E-state index contributed by atoms with van der Waals surface area (Å²) < 4.78 is 0. The van der Waals surface area contributed by atoms with E-state index in [-0.39, 0.29) is 0 Å². The summed E-state index contributed by atoms with van der Waals surface area (Å²) in [6, 6.07) is 64.4. The van der Waals surface area contributed by atoms with Gasteiger partial charge < -0.3 is 9.80 Å². The largest absolute Gasteiger partial charge is 0.310 e. The van der Waals surface area contributed by atoms with Crippen LogP contribution in [0.1, 0.15) is 45.3 Å². The predicted molar refractivity (Wildman–Crippen MR) is 236 cm³/mol. The van der Waals surface area contributed by atoms with E-state index in [1.54, 1.807) is 0 Å². The molecule has 0 aromatic heterocycles. The minimum atomic E-state index is 0.598. The van der Waals surface area contributed by atoms with E-state index in [9.17, 15) is 0 Å². The molecule has 0 heterocycles. The molecule has 8 aromatic carbocycles. The van der Waals surface area contributed by atoms with E-state index >= 15 is 0 Å². The van der Waals surface area contributed by atoms with Crippen LogP contribution in [0, 0.1) is 5.92 Å². The maximum Gasteiger partial charge on any atom is 0.0540 e. The molecule has 0 aliphatic rings. The summed E-state index contributed by atoms with van der Waals surface area (Å²) in [5.74, 6) is 0.677. The lowest BCUT2D eigenvalue weighted by Crippen LogP contribution is -2.12. The average Bonchev–Trinajstić information content (AvgIpc) is 3.21. The number of nitrogens with zero attached hydrogens (tertiary/aromatic N) is 2. The van der Waals surface area contributed by atoms with Crippen LogP contribution < -0.4 is 9.80 Å². The Bertz CT molecular complexity index is 2350. The van der Waals surface area contributed by atoms with E-state index in [4.69, 9.17) is 0 Å². The highest BCUT2D eigenvalue weighted by Crippen LogP contribution is 2.44. The Kier molecular flexibility index (Phi) is 11.2. The van der Waals surface area contributed by atoms with E-state index in [1.807, 2.05) is 13.8 Å². The summed E-state index contributed by atoms with van der Waals surface area (Å²) in [5, 5.41) is 7.39. The lowest BCUT2D eigenvalue weighted by atomic mass is 10.0. The molecule has 2 nitrogen and oxygen atoms in total. The van der Waals surface area contributed by atoms with Gasteiger partial charge in [-0.25, -0.2) is 0 Å². The molecule has 0 spiro atoms. The van der Waals surface area contributed by atoms with Crippen molar-refractivity contribution in [3.05, 3.63) is 181 Å². The topological polar surface area (TPSA) is 6.48 Å². The Morgan fingerprint density at radius 2 is 0.868 bits per heavy atom. The zero-order valence-corrected chi connectivity index (χ0v) is 32.5. The van der Waals surface area contributed by atoms with Gasteiger partial charge in [0.25, 0.3) is 0 Å². The van der Waals surface area contributed by atoms with Gasteiger partial charge in [-0.2, -0.15) is 0 Å². The zero-order chi connectivity index (χ0) is 36.7. The third-order valence-electron chi connectivity index (χ3n) is 9.97. The smallest absolute Gasteiger partial charge is 0.0540 e. The van der Waals surface area contributed by atoms with Crippen molar-refractivity contribution >= 4 is 75.0 Å². The van der Waals surface area contributed by atoms with Crippen molar-refractivity contribution in [2.45, 2.75) is 39.8 Å². The number of rotatable bonds is 10. The first-order valence-electron chi connectivity index (χ1n) is 19.0. The summed E-state index contributed by atoms with van der Waals surface area (Å²) >= 11 is 0. The molecule has 0 saturated heterocycles. The summed E-state index contributed by atoms with van der Waals surface area (Å²) in [7, 11) is 0.885. The van der Waals surface area contributed by atoms with Crippen LogP contribution in [0.4, 0.5) is 34.1 Å². The summed E-state index contributed by atoms with van der Waals surface area (Å²) in [6.45, 7) is 11.0. The van der Waals surface area contributed by atoms with Crippen LogP contribution in [0.15, 0.2) is 176 Å². The number of anilines is 6. The van der Waals surface area contributed by atoms with E-state index in [0.29, 0.717) is 11.6 Å². The van der Waals surface area contributed by atoms with Crippen molar-refractivity contribution < 1.29 is 0 Å². The van der Waals surface area contributed by atoms with Gasteiger partial charge >= 0.3 is 0 Å². The van der Waals surface area contributed by atoms with Crippen molar-refractivity contribution in [3.8, 4) is 0 Å². The van der Waals surface area contributed by atoms with Gasteiger partial charge in [0.1, 0.15) is 0 Å². The molecule has 0 fully saturated rings. The van der Waals surface area contributed by atoms with E-state index in [1.165, 1.54) is 50.0 Å². The molecule has 8 aromatic rings. The SMILES string of the molecule is CC.CPC(CC(C)C)c1ccc(N(c2ccc(N(c3ccc4ccccc4c3)c3ccc4ccccc4c3)cc2)c2cccc3ccccc23)cc1. The number of hydrogen-bond donors (Lipinski definition) is 0. The fourth-order valence-corrected chi connectivity index (χ4v) is 8.64. The Labute approximate surface area is 317 Å². The van der Waals surface area contributed by atoms with Gasteiger partial charge in [-0.3, -0.25) is 0 Å². The third kappa shape index (κ3) is 7.71. The van der Waals surface area contributed by atoms with E-state index < -0.39 is 0 Å². The molecular formula is C50H49N2P. The first kappa shape index (κ1) is 36.0. The maximum absolute atomic E-state index is 2.41. The minimum absolute atomic E-state index is 0.598. The molecule has 53 heavy (non-hydrogen) atoms. The molecule has 2 atom stereocenters. The lowest BCUT2D eigenvalue weighted by molar-refractivity contribution is 0.577. The molecule has 0 amide bonds. The van der Waals surface area contributed by atoms with Gasteiger partial charge in [0.05, 0.1) is 5.69 Å². The molecule has 264 valence electrons. The molecule has 0 saturated carbocycles. The maximum atomic E-state index is 2.41. The highest BCUT2D eigenvalue weighted by atomic mass is 31.1. The lowest BCUT2D eigenvalue weighted by Gasteiger charge is -2.29. The van der Waals surface area contributed by atoms with E-state index in [0.717, 1.165) is 37.0 Å². The molecule has 0 aliphatic heterocycles. The van der Waals surface area contributed by atoms with Crippen LogP contribution in [0.5, 0.6) is 0 Å². The van der Waals surface area contributed by atoms with Crippen molar-refractivity contribution in [3.63, 3.8) is 0 Å². The fourth-order valence-electron chi connectivity index (χ4n) is 7.41. The van der Waals surface area contributed by atoms with Crippen LogP contribution in [-0.4, -0.2) is 6.66 Å². The van der Waals surface area contributed by atoms with Crippen molar-refractivity contribution in [1.82, 2.24) is 0 Å². The van der Waals surface area contributed by atoms with E-state index in [2.05, 4.69) is 206 Å². The van der Waals surface area contributed by atoms with Crippen molar-refractivity contribution in [2.24, 2.45) is 5.92 Å². The monoisotopic (exact) mass is 708 g/mol. The predicted octanol–water partition coefficient (Wildman–Crippen LogP) is 15.5. The Hall–Kier alpha value is -5.43. The second kappa shape index (κ2) is 16.5. The van der Waals surface area contributed by atoms with Gasteiger partial charge in [-0.15, -0.1) is 8.58 Å². The number of benzene rings is 8. The average molecular weight is 709 g/mol. The Balaban J connectivity index is 0.00000214. The second-order valence-electron chi connectivity index (χ2n) is 13.8. The summed E-state index contributed by atoms with van der Waals surface area (Å²) in [6.07, 6.45) is 1.22. The van der Waals surface area contributed by atoms with Gasteiger partial charge in [0.15, 0.2) is 0 Å². The summed E-state index contributed by atoms with van der Waals surface area (Å²) in [4.78, 5) is 4.79. The Morgan fingerprint density at radius 3 is 1.40 bits per heavy atom.